The average molecular weight is 568 g/mol. The topological polar surface area (TPSA) is 66.1 Å². The van der Waals surface area contributed by atoms with Crippen LogP contribution in [0.3, 0.4) is 0 Å². The first-order chi connectivity index (χ1) is 15.8. The fourth-order valence-corrected chi connectivity index (χ4v) is 4.56. The largest absolute Gasteiger partial charge is 0.469 e. The Hall–Kier alpha value is -1.81. The summed E-state index contributed by atoms with van der Waals surface area (Å²) >= 11 is 0. The molecule has 8 heteroatoms. The number of aliphatic imine (C=N–C) groups is 1. The number of halogens is 1. The molecule has 0 saturated carbocycles. The number of piperidine rings is 1. The summed E-state index contributed by atoms with van der Waals surface area (Å²) in [7, 11) is 2.15. The molecular weight excluding hydrogens is 529 g/mol. The van der Waals surface area contributed by atoms with Gasteiger partial charge in [0.25, 0.3) is 0 Å². The van der Waals surface area contributed by atoms with Crippen LogP contribution in [0, 0.1) is 5.92 Å². The number of nitrogens with zero attached hydrogens (tertiary/aromatic N) is 4. The van der Waals surface area contributed by atoms with Crippen LogP contribution in [0.1, 0.15) is 37.9 Å². The second-order valence-electron chi connectivity index (χ2n) is 8.90. The number of anilines is 1. The molecule has 1 N–H and O–H groups in total. The first-order valence-electron chi connectivity index (χ1n) is 12.1. The Balaban J connectivity index is 0.00000306. The minimum Gasteiger partial charge on any atom is -0.469 e. The molecule has 0 aliphatic carbocycles. The van der Waals surface area contributed by atoms with Gasteiger partial charge in [-0.2, -0.15) is 0 Å². The molecule has 2 aliphatic rings. The van der Waals surface area contributed by atoms with Crippen molar-refractivity contribution in [2.24, 2.45) is 10.9 Å². The summed E-state index contributed by atoms with van der Waals surface area (Å²) in [6.07, 6.45) is 12.6. The van der Waals surface area contributed by atoms with Crippen LogP contribution < -0.4 is 10.2 Å². The van der Waals surface area contributed by atoms with Gasteiger partial charge in [-0.25, -0.2) is 0 Å². The highest BCUT2D eigenvalue weighted by molar-refractivity contribution is 14.0. The minimum absolute atomic E-state index is 0. The quantitative estimate of drug-likeness (QED) is 0.279. The lowest BCUT2D eigenvalue weighted by Crippen LogP contribution is -2.42. The summed E-state index contributed by atoms with van der Waals surface area (Å²) in [4.78, 5) is 13.8. The lowest BCUT2D eigenvalue weighted by Gasteiger charge is -2.34. The van der Waals surface area contributed by atoms with Crippen molar-refractivity contribution in [2.45, 2.75) is 44.6 Å². The number of hydrogen-bond acceptors (Lipinski definition) is 5. The SMILES string of the molecule is CN(CCC1CCN(c2ccncc2)CC1)C(=NCC1CCCO1)NCCc1ccco1.I. The number of hydrogen-bond donors (Lipinski definition) is 1. The minimum atomic E-state index is 0. The standard InChI is InChI=1S/C25H37N5O2.HI/c1-29(15-9-21-10-16-30(17-11-21)22-6-12-26-13-7-22)25(28-20-24-5-3-19-32-24)27-14-8-23-4-2-18-31-23;/h2,4,6-7,12-13,18,21,24H,3,5,8-11,14-17,19-20H2,1H3,(H,27,28);1H. The van der Waals surface area contributed by atoms with E-state index in [2.05, 4.69) is 39.3 Å². The van der Waals surface area contributed by atoms with Crippen LogP contribution in [-0.2, 0) is 11.2 Å². The zero-order valence-electron chi connectivity index (χ0n) is 19.7. The molecule has 0 spiro atoms. The third-order valence-electron chi connectivity index (χ3n) is 6.58. The summed E-state index contributed by atoms with van der Waals surface area (Å²) in [5.41, 5.74) is 1.29. The zero-order valence-corrected chi connectivity index (χ0v) is 22.0. The molecule has 182 valence electrons. The molecule has 33 heavy (non-hydrogen) atoms. The van der Waals surface area contributed by atoms with E-state index >= 15 is 0 Å². The normalized spacial score (nSPS) is 19.4. The summed E-state index contributed by atoms with van der Waals surface area (Å²) in [6.45, 7) is 5.68. The summed E-state index contributed by atoms with van der Waals surface area (Å²) < 4.78 is 11.2. The monoisotopic (exact) mass is 567 g/mol. The number of aromatic nitrogens is 1. The molecule has 0 bridgehead atoms. The Kier molecular flexibility index (Phi) is 10.8. The number of guanidine groups is 1. The van der Waals surface area contributed by atoms with Gasteiger partial charge in [0.15, 0.2) is 5.96 Å². The maximum absolute atomic E-state index is 5.77. The van der Waals surface area contributed by atoms with Crippen molar-refractivity contribution in [3.8, 4) is 0 Å². The van der Waals surface area contributed by atoms with Crippen LogP contribution >= 0.6 is 24.0 Å². The molecule has 2 aromatic heterocycles. The van der Waals surface area contributed by atoms with Crippen LogP contribution in [0.5, 0.6) is 0 Å². The van der Waals surface area contributed by atoms with Gasteiger partial charge in [0.1, 0.15) is 5.76 Å². The number of ether oxygens (including phenoxy) is 1. The highest BCUT2D eigenvalue weighted by Gasteiger charge is 2.21. The van der Waals surface area contributed by atoms with Crippen molar-refractivity contribution in [1.82, 2.24) is 15.2 Å². The van der Waals surface area contributed by atoms with E-state index < -0.39 is 0 Å². The van der Waals surface area contributed by atoms with Gasteiger partial charge >= 0.3 is 0 Å². The number of nitrogens with one attached hydrogen (secondary N) is 1. The van der Waals surface area contributed by atoms with Gasteiger partial charge in [0.2, 0.25) is 0 Å². The molecule has 2 aliphatic heterocycles. The van der Waals surface area contributed by atoms with E-state index in [4.69, 9.17) is 14.1 Å². The molecule has 2 aromatic rings. The van der Waals surface area contributed by atoms with Gasteiger partial charge in [-0.3, -0.25) is 9.98 Å². The smallest absolute Gasteiger partial charge is 0.193 e. The lowest BCUT2D eigenvalue weighted by atomic mass is 9.93. The lowest BCUT2D eigenvalue weighted by molar-refractivity contribution is 0.117. The van der Waals surface area contributed by atoms with E-state index in [0.717, 1.165) is 76.2 Å². The molecule has 0 amide bonds. The molecule has 1 unspecified atom stereocenters. The number of pyridine rings is 1. The van der Waals surface area contributed by atoms with Gasteiger partial charge in [0.05, 0.1) is 18.9 Å². The fourth-order valence-electron chi connectivity index (χ4n) is 4.56. The number of rotatable bonds is 9. The van der Waals surface area contributed by atoms with Crippen molar-refractivity contribution in [2.75, 3.05) is 51.3 Å². The zero-order chi connectivity index (χ0) is 22.0. The van der Waals surface area contributed by atoms with E-state index in [1.807, 2.05) is 24.5 Å². The number of furan rings is 1. The van der Waals surface area contributed by atoms with Crippen molar-refractivity contribution in [1.29, 1.82) is 0 Å². The maximum atomic E-state index is 5.77. The Morgan fingerprint density at radius 1 is 1.21 bits per heavy atom. The molecule has 2 saturated heterocycles. The predicted molar refractivity (Wildman–Crippen MR) is 144 cm³/mol. The molecular formula is C25H38IN5O2. The summed E-state index contributed by atoms with van der Waals surface area (Å²) in [5.74, 6) is 2.74. The molecule has 4 heterocycles. The Labute approximate surface area is 215 Å². The molecule has 2 fully saturated rings. The second-order valence-corrected chi connectivity index (χ2v) is 8.90. The first kappa shape index (κ1) is 25.8. The van der Waals surface area contributed by atoms with E-state index in [0.29, 0.717) is 0 Å². The van der Waals surface area contributed by atoms with E-state index in [1.165, 1.54) is 24.9 Å². The van der Waals surface area contributed by atoms with Crippen LogP contribution in [0.2, 0.25) is 0 Å². The molecule has 7 nitrogen and oxygen atoms in total. The Morgan fingerprint density at radius 3 is 2.73 bits per heavy atom. The van der Waals surface area contributed by atoms with Crippen LogP contribution in [0.25, 0.3) is 0 Å². The van der Waals surface area contributed by atoms with E-state index in [1.54, 1.807) is 6.26 Å². The van der Waals surface area contributed by atoms with Crippen LogP contribution in [0.4, 0.5) is 5.69 Å². The summed E-state index contributed by atoms with van der Waals surface area (Å²) in [5, 5.41) is 3.54. The Bertz CT molecular complexity index is 803. The van der Waals surface area contributed by atoms with Crippen molar-refractivity contribution in [3.63, 3.8) is 0 Å². The third kappa shape index (κ3) is 8.17. The highest BCUT2D eigenvalue weighted by atomic mass is 127. The van der Waals surface area contributed by atoms with E-state index in [9.17, 15) is 0 Å². The van der Waals surface area contributed by atoms with Crippen LogP contribution in [-0.4, -0.2) is 68.3 Å². The molecule has 4 rings (SSSR count). The van der Waals surface area contributed by atoms with Crippen molar-refractivity contribution in [3.05, 3.63) is 48.7 Å². The average Bonchev–Trinajstić information content (AvgIpc) is 3.55. The van der Waals surface area contributed by atoms with Gasteiger partial charge in [-0.05, 0) is 62.3 Å². The molecule has 0 radical (unpaired) electrons. The van der Waals surface area contributed by atoms with E-state index in [-0.39, 0.29) is 30.1 Å². The Morgan fingerprint density at radius 2 is 2.03 bits per heavy atom. The van der Waals surface area contributed by atoms with Crippen molar-refractivity contribution >= 4 is 35.6 Å². The first-order valence-corrected chi connectivity index (χ1v) is 12.1. The maximum Gasteiger partial charge on any atom is 0.193 e. The predicted octanol–water partition coefficient (Wildman–Crippen LogP) is 4.20. The van der Waals surface area contributed by atoms with Crippen molar-refractivity contribution < 1.29 is 9.15 Å². The van der Waals surface area contributed by atoms with Gasteiger partial charge in [-0.15, -0.1) is 24.0 Å². The molecule has 1 atom stereocenters. The molecule has 0 aromatic carbocycles. The highest BCUT2D eigenvalue weighted by Crippen LogP contribution is 2.25. The van der Waals surface area contributed by atoms with Gasteiger partial charge in [-0.1, -0.05) is 0 Å². The fraction of sp³-hybridized carbons (Fsp3) is 0.600. The second kappa shape index (κ2) is 13.8. The van der Waals surface area contributed by atoms with Gasteiger partial charge in [0, 0.05) is 64.3 Å². The summed E-state index contributed by atoms with van der Waals surface area (Å²) in [6, 6.07) is 8.18. The third-order valence-corrected chi connectivity index (χ3v) is 6.58. The van der Waals surface area contributed by atoms with Crippen LogP contribution in [0.15, 0.2) is 52.3 Å². The van der Waals surface area contributed by atoms with Gasteiger partial charge < -0.3 is 24.3 Å².